The fraction of sp³-hybridized carbons (Fsp3) is 0.250. The molecule has 0 bridgehead atoms. The van der Waals surface area contributed by atoms with Crippen LogP contribution in [0.1, 0.15) is 12.5 Å². The van der Waals surface area contributed by atoms with Crippen LogP contribution in [0.4, 0.5) is 11.6 Å². The molecule has 138 valence electrons. The van der Waals surface area contributed by atoms with Crippen molar-refractivity contribution in [2.45, 2.75) is 20.0 Å². The van der Waals surface area contributed by atoms with Crippen molar-refractivity contribution < 1.29 is 4.74 Å². The largest absolute Gasteiger partial charge is 0.494 e. The Bertz CT molecular complexity index is 1060. The van der Waals surface area contributed by atoms with Crippen LogP contribution in [0.2, 0.25) is 0 Å². The summed E-state index contributed by atoms with van der Waals surface area (Å²) in [4.78, 5) is 26.9. The van der Waals surface area contributed by atoms with Gasteiger partial charge in [-0.15, -0.1) is 5.10 Å². The molecule has 0 atom stereocenters. The number of anilines is 2. The summed E-state index contributed by atoms with van der Waals surface area (Å²) < 4.78 is 8.17. The summed E-state index contributed by atoms with van der Waals surface area (Å²) in [6.45, 7) is 3.84. The van der Waals surface area contributed by atoms with Crippen LogP contribution in [0.15, 0.2) is 64.2 Å². The zero-order valence-corrected chi connectivity index (χ0v) is 15.0. The second-order valence-corrected chi connectivity index (χ2v) is 6.28. The minimum Gasteiger partial charge on any atom is -0.494 e. The summed E-state index contributed by atoms with van der Waals surface area (Å²) in [6.07, 6.45) is 0. The average Bonchev–Trinajstić information content (AvgIpc) is 3.11. The molecule has 27 heavy (non-hydrogen) atoms. The third-order valence-electron chi connectivity index (χ3n) is 4.54. The summed E-state index contributed by atoms with van der Waals surface area (Å²) in [5, 5.41) is 4.49. The summed E-state index contributed by atoms with van der Waals surface area (Å²) in [5.41, 5.74) is 0.684. The van der Waals surface area contributed by atoms with Crippen LogP contribution in [-0.4, -0.2) is 27.5 Å². The standard InChI is InChI=1S/C20H20N4O3/c1-2-27-17-10-8-16(9-11-17)22-12-13-23-18(25)19(26)24(21-20(22)23)14-15-6-4-3-5-7-15/h3-11H,2,12-14H2,1H3. The number of hydrogen-bond donors (Lipinski definition) is 0. The van der Waals surface area contributed by atoms with E-state index in [1.54, 1.807) is 0 Å². The smallest absolute Gasteiger partial charge is 0.333 e. The Morgan fingerprint density at radius 2 is 1.70 bits per heavy atom. The topological polar surface area (TPSA) is 69.4 Å². The number of fused-ring (bicyclic) bond motifs is 1. The Morgan fingerprint density at radius 3 is 2.41 bits per heavy atom. The molecule has 7 nitrogen and oxygen atoms in total. The quantitative estimate of drug-likeness (QED) is 0.648. The highest BCUT2D eigenvalue weighted by atomic mass is 16.5. The molecule has 3 aromatic rings. The summed E-state index contributed by atoms with van der Waals surface area (Å²) in [6, 6.07) is 17.1. The van der Waals surface area contributed by atoms with Gasteiger partial charge < -0.3 is 9.64 Å². The third-order valence-corrected chi connectivity index (χ3v) is 4.54. The molecule has 0 aliphatic carbocycles. The first-order valence-corrected chi connectivity index (χ1v) is 8.93. The van der Waals surface area contributed by atoms with E-state index in [2.05, 4.69) is 5.10 Å². The van der Waals surface area contributed by atoms with E-state index in [0.717, 1.165) is 17.0 Å². The van der Waals surface area contributed by atoms with Gasteiger partial charge in [0.1, 0.15) is 5.75 Å². The van der Waals surface area contributed by atoms with E-state index in [1.807, 2.05) is 66.4 Å². The first-order chi connectivity index (χ1) is 13.2. The Balaban J connectivity index is 1.71. The molecule has 2 heterocycles. The van der Waals surface area contributed by atoms with Gasteiger partial charge in [0.05, 0.1) is 13.2 Å². The fourth-order valence-corrected chi connectivity index (χ4v) is 3.22. The fourth-order valence-electron chi connectivity index (χ4n) is 3.22. The second-order valence-electron chi connectivity index (χ2n) is 6.28. The van der Waals surface area contributed by atoms with E-state index >= 15 is 0 Å². The average molecular weight is 364 g/mol. The first kappa shape index (κ1) is 17.1. The van der Waals surface area contributed by atoms with Crippen molar-refractivity contribution in [3.8, 4) is 5.75 Å². The lowest BCUT2D eigenvalue weighted by atomic mass is 10.2. The van der Waals surface area contributed by atoms with Gasteiger partial charge in [-0.3, -0.25) is 14.2 Å². The van der Waals surface area contributed by atoms with E-state index < -0.39 is 11.1 Å². The predicted molar refractivity (Wildman–Crippen MR) is 103 cm³/mol. The van der Waals surface area contributed by atoms with Crippen molar-refractivity contribution in [3.63, 3.8) is 0 Å². The van der Waals surface area contributed by atoms with Crippen LogP contribution in [0, 0.1) is 0 Å². The molecule has 1 aliphatic heterocycles. The van der Waals surface area contributed by atoms with Gasteiger partial charge in [0.2, 0.25) is 5.95 Å². The molecule has 7 heteroatoms. The minimum absolute atomic E-state index is 0.264. The Kier molecular flexibility index (Phi) is 4.50. The van der Waals surface area contributed by atoms with Crippen molar-refractivity contribution in [2.75, 3.05) is 18.1 Å². The molecular weight excluding hydrogens is 344 g/mol. The van der Waals surface area contributed by atoms with E-state index in [-0.39, 0.29) is 6.54 Å². The zero-order chi connectivity index (χ0) is 18.8. The lowest BCUT2D eigenvalue weighted by Crippen LogP contribution is -2.42. The molecule has 0 radical (unpaired) electrons. The summed E-state index contributed by atoms with van der Waals surface area (Å²) in [5.74, 6) is 1.28. The Morgan fingerprint density at radius 1 is 0.963 bits per heavy atom. The maximum absolute atomic E-state index is 12.5. The van der Waals surface area contributed by atoms with Gasteiger partial charge in [-0.05, 0) is 36.8 Å². The number of rotatable bonds is 5. The van der Waals surface area contributed by atoms with Crippen LogP contribution in [0.5, 0.6) is 5.75 Å². The first-order valence-electron chi connectivity index (χ1n) is 8.93. The zero-order valence-electron chi connectivity index (χ0n) is 15.0. The second kappa shape index (κ2) is 7.11. The molecule has 0 saturated carbocycles. The minimum atomic E-state index is -0.601. The van der Waals surface area contributed by atoms with Crippen LogP contribution < -0.4 is 20.8 Å². The van der Waals surface area contributed by atoms with Gasteiger partial charge in [-0.25, -0.2) is 4.68 Å². The van der Waals surface area contributed by atoms with E-state index in [0.29, 0.717) is 25.6 Å². The molecule has 0 saturated heterocycles. The number of nitrogens with zero attached hydrogens (tertiary/aromatic N) is 4. The highest BCUT2D eigenvalue weighted by molar-refractivity contribution is 5.59. The number of hydrogen-bond acceptors (Lipinski definition) is 5. The summed E-state index contributed by atoms with van der Waals surface area (Å²) >= 11 is 0. The van der Waals surface area contributed by atoms with Crippen molar-refractivity contribution in [1.29, 1.82) is 0 Å². The van der Waals surface area contributed by atoms with Crippen molar-refractivity contribution in [2.24, 2.45) is 0 Å². The monoisotopic (exact) mass is 364 g/mol. The van der Waals surface area contributed by atoms with Crippen LogP contribution in [0.25, 0.3) is 0 Å². The van der Waals surface area contributed by atoms with E-state index in [4.69, 9.17) is 4.74 Å². The van der Waals surface area contributed by atoms with Crippen LogP contribution in [0.3, 0.4) is 0 Å². The van der Waals surface area contributed by atoms with Crippen LogP contribution in [-0.2, 0) is 13.1 Å². The van der Waals surface area contributed by atoms with Gasteiger partial charge in [0.15, 0.2) is 0 Å². The van der Waals surface area contributed by atoms with Crippen molar-refractivity contribution in [3.05, 3.63) is 80.9 Å². The third kappa shape index (κ3) is 3.23. The Labute approximate surface area is 156 Å². The maximum Gasteiger partial charge on any atom is 0.333 e. The van der Waals surface area contributed by atoms with Crippen molar-refractivity contribution in [1.82, 2.24) is 14.3 Å². The van der Waals surface area contributed by atoms with Gasteiger partial charge in [-0.1, -0.05) is 30.3 Å². The van der Waals surface area contributed by atoms with Crippen molar-refractivity contribution >= 4 is 11.6 Å². The van der Waals surface area contributed by atoms with Gasteiger partial charge in [0, 0.05) is 18.8 Å². The molecule has 1 aliphatic rings. The van der Waals surface area contributed by atoms with Crippen LogP contribution >= 0.6 is 0 Å². The molecule has 1 aromatic heterocycles. The van der Waals surface area contributed by atoms with Gasteiger partial charge in [0.25, 0.3) is 0 Å². The predicted octanol–water partition coefficient (Wildman–Crippen LogP) is 2.00. The molecular formula is C20H20N4O3. The molecule has 2 aromatic carbocycles. The summed E-state index contributed by atoms with van der Waals surface area (Å²) in [7, 11) is 0. The van der Waals surface area contributed by atoms with Gasteiger partial charge in [-0.2, -0.15) is 0 Å². The number of aromatic nitrogens is 3. The molecule has 0 unspecified atom stereocenters. The number of benzene rings is 2. The SMILES string of the molecule is CCOc1ccc(N2CCn3c2nn(Cc2ccccc2)c(=O)c3=O)cc1. The molecule has 0 amide bonds. The lowest BCUT2D eigenvalue weighted by molar-refractivity contribution is 0.340. The molecule has 0 fully saturated rings. The normalized spacial score (nSPS) is 12.9. The molecule has 0 N–H and O–H groups in total. The highest BCUT2D eigenvalue weighted by Crippen LogP contribution is 2.28. The molecule has 0 spiro atoms. The van der Waals surface area contributed by atoms with E-state index in [9.17, 15) is 9.59 Å². The molecule has 4 rings (SSSR count). The Hall–Kier alpha value is -3.35. The lowest BCUT2D eigenvalue weighted by Gasteiger charge is -2.18. The maximum atomic E-state index is 12.5. The highest BCUT2D eigenvalue weighted by Gasteiger charge is 2.25. The van der Waals surface area contributed by atoms with E-state index in [1.165, 1.54) is 9.25 Å². The number of ether oxygens (including phenoxy) is 1. The van der Waals surface area contributed by atoms with Gasteiger partial charge >= 0.3 is 11.1 Å².